The first-order valence-corrected chi connectivity index (χ1v) is 13.2. The molecular formula is C29H34FN5O3. The molecule has 2 aliphatic rings. The summed E-state index contributed by atoms with van der Waals surface area (Å²) in [5, 5.41) is 9.39. The van der Waals surface area contributed by atoms with Crippen LogP contribution in [0.5, 0.6) is 11.5 Å². The average molecular weight is 520 g/mol. The number of aryl methyl sites for hydroxylation is 1. The number of halogens is 1. The zero-order valence-electron chi connectivity index (χ0n) is 22.4. The van der Waals surface area contributed by atoms with Gasteiger partial charge >= 0.3 is 0 Å². The maximum absolute atomic E-state index is 14.6. The second kappa shape index (κ2) is 10.5. The summed E-state index contributed by atoms with van der Waals surface area (Å²) in [6.07, 6.45) is 6.24. The first-order chi connectivity index (χ1) is 18.3. The van der Waals surface area contributed by atoms with E-state index in [2.05, 4.69) is 20.9 Å². The van der Waals surface area contributed by atoms with Crippen LogP contribution in [-0.4, -0.2) is 49.4 Å². The molecule has 1 aromatic carbocycles. The van der Waals surface area contributed by atoms with Crippen LogP contribution in [0.15, 0.2) is 35.1 Å². The molecule has 2 saturated carbocycles. The Morgan fingerprint density at radius 2 is 1.68 bits per heavy atom. The van der Waals surface area contributed by atoms with Gasteiger partial charge in [0.05, 0.1) is 25.4 Å². The monoisotopic (exact) mass is 519 g/mol. The maximum Gasteiger partial charge on any atom is 0.252 e. The van der Waals surface area contributed by atoms with E-state index in [0.29, 0.717) is 28.7 Å². The number of aromatic nitrogens is 2. The molecule has 2 heterocycles. The second-order valence-electron chi connectivity index (χ2n) is 10.4. The highest BCUT2D eigenvalue weighted by molar-refractivity contribution is 5.88. The van der Waals surface area contributed by atoms with E-state index in [9.17, 15) is 14.4 Å². The van der Waals surface area contributed by atoms with Crippen molar-refractivity contribution in [3.05, 3.63) is 52.2 Å². The molecule has 0 spiro atoms. The molecule has 3 aromatic rings. The third-order valence-electron chi connectivity index (χ3n) is 8.13. The molecule has 0 unspecified atom stereocenters. The van der Waals surface area contributed by atoms with Crippen LogP contribution in [0.4, 0.5) is 15.8 Å². The molecule has 8 nitrogen and oxygen atoms in total. The van der Waals surface area contributed by atoms with Gasteiger partial charge in [0, 0.05) is 56.6 Å². The number of ether oxygens (including phenoxy) is 2. The van der Waals surface area contributed by atoms with E-state index in [0.717, 1.165) is 43.6 Å². The van der Waals surface area contributed by atoms with E-state index in [4.69, 9.17) is 9.47 Å². The quantitative estimate of drug-likeness (QED) is 0.429. The van der Waals surface area contributed by atoms with Crippen LogP contribution in [0.25, 0.3) is 11.0 Å². The van der Waals surface area contributed by atoms with Gasteiger partial charge in [-0.05, 0) is 56.6 Å². The summed E-state index contributed by atoms with van der Waals surface area (Å²) >= 11 is 0. The van der Waals surface area contributed by atoms with E-state index in [1.54, 1.807) is 41.9 Å². The largest absolute Gasteiger partial charge is 0.493 e. The predicted octanol–water partition coefficient (Wildman–Crippen LogP) is 4.63. The Morgan fingerprint density at radius 3 is 2.26 bits per heavy atom. The number of nitriles is 1. The van der Waals surface area contributed by atoms with E-state index in [1.807, 2.05) is 7.05 Å². The number of fused-ring (bicyclic) bond motifs is 1. The van der Waals surface area contributed by atoms with Crippen molar-refractivity contribution in [3.8, 4) is 17.6 Å². The number of nitrogens with zero attached hydrogens (tertiary/aromatic N) is 5. The molecule has 0 saturated heterocycles. The van der Waals surface area contributed by atoms with Gasteiger partial charge in [-0.3, -0.25) is 4.79 Å². The molecule has 38 heavy (non-hydrogen) atoms. The Morgan fingerprint density at radius 1 is 1.05 bits per heavy atom. The highest BCUT2D eigenvalue weighted by atomic mass is 19.1. The molecule has 0 atom stereocenters. The third-order valence-corrected chi connectivity index (χ3v) is 8.13. The minimum absolute atomic E-state index is 0.102. The van der Waals surface area contributed by atoms with Crippen LogP contribution in [0.2, 0.25) is 0 Å². The second-order valence-corrected chi connectivity index (χ2v) is 10.4. The molecule has 0 N–H and O–H groups in total. The fraction of sp³-hybridized carbons (Fsp3) is 0.483. The Kier molecular flexibility index (Phi) is 7.15. The van der Waals surface area contributed by atoms with Crippen LogP contribution >= 0.6 is 0 Å². The lowest BCUT2D eigenvalue weighted by atomic mass is 9.88. The molecule has 0 bridgehead atoms. The van der Waals surface area contributed by atoms with Crippen molar-refractivity contribution in [2.24, 2.45) is 13.0 Å². The van der Waals surface area contributed by atoms with Crippen LogP contribution in [0.3, 0.4) is 0 Å². The number of hydrogen-bond acceptors (Lipinski definition) is 7. The number of methoxy groups -OCH3 is 2. The third kappa shape index (κ3) is 4.87. The van der Waals surface area contributed by atoms with Crippen LogP contribution in [0, 0.1) is 23.1 Å². The number of anilines is 2. The minimum Gasteiger partial charge on any atom is -0.493 e. The van der Waals surface area contributed by atoms with E-state index in [-0.39, 0.29) is 23.1 Å². The molecule has 0 aliphatic heterocycles. The normalized spacial score (nSPS) is 19.2. The van der Waals surface area contributed by atoms with Gasteiger partial charge < -0.3 is 23.8 Å². The van der Waals surface area contributed by atoms with Crippen molar-refractivity contribution in [3.63, 3.8) is 0 Å². The van der Waals surface area contributed by atoms with Crippen LogP contribution in [-0.2, 0) is 7.05 Å². The van der Waals surface area contributed by atoms with E-state index < -0.39 is 5.82 Å². The first-order valence-electron chi connectivity index (χ1n) is 13.2. The number of rotatable bonds is 8. The van der Waals surface area contributed by atoms with Crippen molar-refractivity contribution in [2.45, 2.75) is 50.6 Å². The summed E-state index contributed by atoms with van der Waals surface area (Å²) in [6.45, 7) is 0.934. The summed E-state index contributed by atoms with van der Waals surface area (Å²) in [5.74, 6) is 0.556. The molecule has 200 valence electrons. The topological polar surface area (TPSA) is 83.6 Å². The maximum atomic E-state index is 14.6. The van der Waals surface area contributed by atoms with Crippen LogP contribution in [0.1, 0.15) is 44.2 Å². The molecule has 2 fully saturated rings. The smallest absolute Gasteiger partial charge is 0.252 e. The minimum atomic E-state index is -0.482. The summed E-state index contributed by atoms with van der Waals surface area (Å²) in [6, 6.07) is 11.3. The standard InChI is InChI=1S/C29H34FN5O3/c1-33(24-15-27(36)34(2)23-12-7-19(16-31)32-29(23)24)20-8-10-21(11-9-20)35(17-18-5-6-18)22-13-25(37-3)28(30)26(14-22)38-4/h7,12-15,18,20-21H,5-6,8-11,17H2,1-4H3. The lowest BCUT2D eigenvalue weighted by Crippen LogP contribution is -2.44. The first kappa shape index (κ1) is 25.8. The van der Waals surface area contributed by atoms with Crippen molar-refractivity contribution < 1.29 is 13.9 Å². The van der Waals surface area contributed by atoms with E-state index >= 15 is 0 Å². The van der Waals surface area contributed by atoms with Gasteiger partial charge in [0.15, 0.2) is 11.5 Å². The lowest BCUT2D eigenvalue weighted by Gasteiger charge is -2.41. The number of pyridine rings is 2. The Balaban J connectivity index is 1.39. The predicted molar refractivity (Wildman–Crippen MR) is 146 cm³/mol. The zero-order valence-corrected chi connectivity index (χ0v) is 22.4. The van der Waals surface area contributed by atoms with E-state index in [1.165, 1.54) is 27.1 Å². The van der Waals surface area contributed by atoms with Crippen molar-refractivity contribution in [2.75, 3.05) is 37.6 Å². The SMILES string of the molecule is COc1cc(N(CC2CC2)C2CCC(N(C)c3cc(=O)n(C)c4ccc(C#N)nc34)CC2)cc(OC)c1F. The highest BCUT2D eigenvalue weighted by Crippen LogP contribution is 2.40. The van der Waals surface area contributed by atoms with Gasteiger partial charge in [-0.1, -0.05) is 0 Å². The molecule has 0 amide bonds. The summed E-state index contributed by atoms with van der Waals surface area (Å²) in [4.78, 5) is 21.8. The fourth-order valence-corrected chi connectivity index (χ4v) is 5.66. The molecule has 0 radical (unpaired) electrons. The Labute approximate surface area is 222 Å². The number of benzene rings is 1. The average Bonchev–Trinajstić information content (AvgIpc) is 3.77. The highest BCUT2D eigenvalue weighted by Gasteiger charge is 2.33. The molecule has 2 aromatic heterocycles. The lowest BCUT2D eigenvalue weighted by molar-refractivity contribution is 0.347. The van der Waals surface area contributed by atoms with Gasteiger partial charge in [0.2, 0.25) is 5.82 Å². The molecule has 9 heteroatoms. The Bertz CT molecular complexity index is 1410. The van der Waals surface area contributed by atoms with Crippen molar-refractivity contribution in [1.82, 2.24) is 9.55 Å². The van der Waals surface area contributed by atoms with Crippen LogP contribution < -0.4 is 24.8 Å². The summed E-state index contributed by atoms with van der Waals surface area (Å²) in [5.41, 5.74) is 3.28. The zero-order chi connectivity index (χ0) is 27.0. The summed E-state index contributed by atoms with van der Waals surface area (Å²) in [7, 11) is 6.69. The Hall–Kier alpha value is -3.80. The van der Waals surface area contributed by atoms with Gasteiger partial charge in [-0.2, -0.15) is 9.65 Å². The number of hydrogen-bond donors (Lipinski definition) is 0. The van der Waals surface area contributed by atoms with Gasteiger partial charge in [0.1, 0.15) is 17.3 Å². The fourth-order valence-electron chi connectivity index (χ4n) is 5.66. The summed E-state index contributed by atoms with van der Waals surface area (Å²) < 4.78 is 26.8. The van der Waals surface area contributed by atoms with Gasteiger partial charge in [-0.25, -0.2) is 4.98 Å². The molecule has 2 aliphatic carbocycles. The van der Waals surface area contributed by atoms with Crippen molar-refractivity contribution in [1.29, 1.82) is 5.26 Å². The van der Waals surface area contributed by atoms with Crippen molar-refractivity contribution >= 4 is 22.4 Å². The van der Waals surface area contributed by atoms with Gasteiger partial charge in [0.25, 0.3) is 5.56 Å². The molecule has 5 rings (SSSR count). The molecular weight excluding hydrogens is 485 g/mol. The van der Waals surface area contributed by atoms with Gasteiger partial charge in [-0.15, -0.1) is 0 Å².